The number of hydrogen-bond donors (Lipinski definition) is 0. The van der Waals surface area contributed by atoms with Crippen molar-refractivity contribution in [2.45, 2.75) is 19.6 Å². The molecule has 2 aromatic carbocycles. The van der Waals surface area contributed by atoms with Gasteiger partial charge in [-0.3, -0.25) is 4.79 Å². The molecule has 2 aromatic heterocycles. The average molecular weight is 414 g/mol. The quantitative estimate of drug-likeness (QED) is 0.428. The van der Waals surface area contributed by atoms with Gasteiger partial charge in [0.25, 0.3) is 5.91 Å². The highest BCUT2D eigenvalue weighted by Gasteiger charge is 2.24. The molecule has 1 amide bonds. The number of carbonyl (C=O) groups is 2. The Morgan fingerprint density at radius 3 is 2.52 bits per heavy atom. The van der Waals surface area contributed by atoms with Crippen molar-refractivity contribution in [2.75, 3.05) is 7.05 Å². The minimum absolute atomic E-state index is 0.276. The SMILES string of the molecule is CC(OC(=O)c1cc(-c2ccco2)nc2ccccc12)C(=O)N(C)Cc1ccccc1. The summed E-state index contributed by atoms with van der Waals surface area (Å²) in [6.07, 6.45) is 0.619. The zero-order valence-electron chi connectivity index (χ0n) is 17.3. The van der Waals surface area contributed by atoms with E-state index in [1.54, 1.807) is 49.4 Å². The molecule has 6 nitrogen and oxygen atoms in total. The van der Waals surface area contributed by atoms with Crippen molar-refractivity contribution in [1.29, 1.82) is 0 Å². The minimum atomic E-state index is -0.930. The topological polar surface area (TPSA) is 72.6 Å². The molecule has 0 radical (unpaired) electrons. The Kier molecular flexibility index (Phi) is 5.80. The number of rotatable bonds is 6. The number of benzene rings is 2. The van der Waals surface area contributed by atoms with Crippen LogP contribution in [-0.4, -0.2) is 34.9 Å². The van der Waals surface area contributed by atoms with Crippen molar-refractivity contribution in [1.82, 2.24) is 9.88 Å². The van der Waals surface area contributed by atoms with Crippen LogP contribution >= 0.6 is 0 Å². The fraction of sp³-hybridized carbons (Fsp3) is 0.160. The molecular weight excluding hydrogens is 392 g/mol. The summed E-state index contributed by atoms with van der Waals surface area (Å²) in [6.45, 7) is 2.01. The summed E-state index contributed by atoms with van der Waals surface area (Å²) in [6, 6.07) is 22.1. The van der Waals surface area contributed by atoms with Crippen molar-refractivity contribution in [3.8, 4) is 11.5 Å². The van der Waals surface area contributed by atoms with E-state index in [1.807, 2.05) is 48.5 Å². The first kappa shape index (κ1) is 20.3. The van der Waals surface area contributed by atoms with Crippen LogP contribution in [0.3, 0.4) is 0 Å². The second kappa shape index (κ2) is 8.83. The minimum Gasteiger partial charge on any atom is -0.463 e. The van der Waals surface area contributed by atoms with Crippen molar-refractivity contribution in [2.24, 2.45) is 0 Å². The monoisotopic (exact) mass is 414 g/mol. The molecule has 0 saturated heterocycles. The van der Waals surface area contributed by atoms with Crippen LogP contribution in [0, 0.1) is 0 Å². The van der Waals surface area contributed by atoms with E-state index in [1.165, 1.54) is 0 Å². The third-order valence-corrected chi connectivity index (χ3v) is 4.98. The molecule has 31 heavy (non-hydrogen) atoms. The number of likely N-dealkylation sites (N-methyl/N-ethyl adjacent to an activating group) is 1. The van der Waals surface area contributed by atoms with E-state index in [4.69, 9.17) is 9.15 Å². The van der Waals surface area contributed by atoms with Crippen LogP contribution in [-0.2, 0) is 16.1 Å². The van der Waals surface area contributed by atoms with Gasteiger partial charge in [0.15, 0.2) is 11.9 Å². The van der Waals surface area contributed by atoms with Crippen molar-refractivity contribution in [3.05, 3.63) is 90.2 Å². The maximum atomic E-state index is 13.0. The lowest BCUT2D eigenvalue weighted by Crippen LogP contribution is -2.37. The van der Waals surface area contributed by atoms with Gasteiger partial charge in [0.1, 0.15) is 5.69 Å². The van der Waals surface area contributed by atoms with Crippen LogP contribution in [0.15, 0.2) is 83.5 Å². The number of fused-ring (bicyclic) bond motifs is 1. The Bertz CT molecular complexity index is 1200. The van der Waals surface area contributed by atoms with Crippen LogP contribution in [0.25, 0.3) is 22.4 Å². The summed E-state index contributed by atoms with van der Waals surface area (Å²) < 4.78 is 11.0. The predicted molar refractivity (Wildman–Crippen MR) is 117 cm³/mol. The first-order chi connectivity index (χ1) is 15.0. The molecule has 0 aliphatic heterocycles. The van der Waals surface area contributed by atoms with Crippen LogP contribution in [0.2, 0.25) is 0 Å². The lowest BCUT2D eigenvalue weighted by Gasteiger charge is -2.22. The number of furan rings is 1. The summed E-state index contributed by atoms with van der Waals surface area (Å²) in [5.74, 6) is -0.311. The van der Waals surface area contributed by atoms with Gasteiger partial charge >= 0.3 is 5.97 Å². The third kappa shape index (κ3) is 4.48. The molecule has 2 heterocycles. The van der Waals surface area contributed by atoms with Gasteiger partial charge in [-0.15, -0.1) is 0 Å². The number of amides is 1. The van der Waals surface area contributed by atoms with E-state index < -0.39 is 12.1 Å². The fourth-order valence-electron chi connectivity index (χ4n) is 3.41. The molecule has 4 aromatic rings. The lowest BCUT2D eigenvalue weighted by molar-refractivity contribution is -0.139. The van der Waals surface area contributed by atoms with Gasteiger partial charge < -0.3 is 14.1 Å². The van der Waals surface area contributed by atoms with E-state index in [9.17, 15) is 9.59 Å². The molecule has 156 valence electrons. The second-order valence-electron chi connectivity index (χ2n) is 7.28. The standard InChI is InChI=1S/C25H22N2O4/c1-17(24(28)27(2)16-18-9-4-3-5-10-18)31-25(29)20-15-22(23-13-8-14-30-23)26-21-12-7-6-11-19(20)21/h3-15,17H,16H2,1-2H3. The van der Waals surface area contributed by atoms with Crippen molar-refractivity contribution < 1.29 is 18.7 Å². The maximum absolute atomic E-state index is 13.0. The molecule has 0 spiro atoms. The van der Waals surface area contributed by atoms with Gasteiger partial charge in [-0.05, 0) is 36.8 Å². The van der Waals surface area contributed by atoms with E-state index in [0.717, 1.165) is 5.56 Å². The highest BCUT2D eigenvalue weighted by Crippen LogP contribution is 2.26. The number of aromatic nitrogens is 1. The zero-order chi connectivity index (χ0) is 21.8. The Hall–Kier alpha value is -3.93. The largest absolute Gasteiger partial charge is 0.463 e. The lowest BCUT2D eigenvalue weighted by atomic mass is 10.1. The summed E-state index contributed by atoms with van der Waals surface area (Å²) in [4.78, 5) is 31.9. The van der Waals surface area contributed by atoms with E-state index >= 15 is 0 Å². The zero-order valence-corrected chi connectivity index (χ0v) is 17.3. The molecule has 0 aliphatic rings. The summed E-state index contributed by atoms with van der Waals surface area (Å²) in [5, 5.41) is 0.653. The van der Waals surface area contributed by atoms with Gasteiger partial charge in [-0.2, -0.15) is 0 Å². The number of pyridine rings is 1. The molecule has 4 rings (SSSR count). The molecular formula is C25H22N2O4. The van der Waals surface area contributed by atoms with Gasteiger partial charge in [-0.25, -0.2) is 9.78 Å². The molecule has 6 heteroatoms. The van der Waals surface area contributed by atoms with Crippen molar-refractivity contribution >= 4 is 22.8 Å². The maximum Gasteiger partial charge on any atom is 0.339 e. The molecule has 0 fully saturated rings. The summed E-state index contributed by atoms with van der Waals surface area (Å²) in [5.41, 5.74) is 2.50. The van der Waals surface area contributed by atoms with Gasteiger partial charge in [0, 0.05) is 19.0 Å². The predicted octanol–water partition coefficient (Wildman–Crippen LogP) is 4.70. The van der Waals surface area contributed by atoms with Crippen LogP contribution < -0.4 is 0 Å². The number of carbonyl (C=O) groups excluding carboxylic acids is 2. The first-order valence-corrected chi connectivity index (χ1v) is 9.96. The highest BCUT2D eigenvalue weighted by atomic mass is 16.5. The summed E-state index contributed by atoms with van der Waals surface area (Å²) >= 11 is 0. The molecule has 1 unspecified atom stereocenters. The van der Waals surface area contributed by atoms with Crippen LogP contribution in [0.1, 0.15) is 22.8 Å². The van der Waals surface area contributed by atoms with Gasteiger partial charge in [-0.1, -0.05) is 48.5 Å². The smallest absolute Gasteiger partial charge is 0.339 e. The number of esters is 1. The number of para-hydroxylation sites is 1. The van der Waals surface area contributed by atoms with Gasteiger partial charge in [0.05, 0.1) is 17.3 Å². The molecule has 0 saturated carbocycles. The highest BCUT2D eigenvalue weighted by molar-refractivity contribution is 6.05. The molecule has 0 N–H and O–H groups in total. The first-order valence-electron chi connectivity index (χ1n) is 9.96. The summed E-state index contributed by atoms with van der Waals surface area (Å²) in [7, 11) is 1.69. The molecule has 0 aliphatic carbocycles. The number of ether oxygens (including phenoxy) is 1. The fourth-order valence-corrected chi connectivity index (χ4v) is 3.41. The van der Waals surface area contributed by atoms with E-state index in [2.05, 4.69) is 4.98 Å². The Labute approximate surface area is 180 Å². The molecule has 1 atom stereocenters. The van der Waals surface area contributed by atoms with Crippen LogP contribution in [0.5, 0.6) is 0 Å². The number of nitrogens with zero attached hydrogens (tertiary/aromatic N) is 2. The third-order valence-electron chi connectivity index (χ3n) is 4.98. The second-order valence-corrected chi connectivity index (χ2v) is 7.28. The van der Waals surface area contributed by atoms with Crippen LogP contribution in [0.4, 0.5) is 0 Å². The Morgan fingerprint density at radius 1 is 1.03 bits per heavy atom. The average Bonchev–Trinajstić information content (AvgIpc) is 3.33. The Balaban J connectivity index is 1.55. The Morgan fingerprint density at radius 2 is 1.77 bits per heavy atom. The van der Waals surface area contributed by atoms with Gasteiger partial charge in [0.2, 0.25) is 0 Å². The van der Waals surface area contributed by atoms with Crippen molar-refractivity contribution in [3.63, 3.8) is 0 Å². The van der Waals surface area contributed by atoms with E-state index in [0.29, 0.717) is 34.5 Å². The molecule has 0 bridgehead atoms. The number of hydrogen-bond acceptors (Lipinski definition) is 5. The normalized spacial score (nSPS) is 11.8. The van der Waals surface area contributed by atoms with E-state index in [-0.39, 0.29) is 5.91 Å².